The van der Waals surface area contributed by atoms with Gasteiger partial charge in [-0.15, -0.1) is 11.3 Å². The van der Waals surface area contributed by atoms with Gasteiger partial charge in [0.05, 0.1) is 30.7 Å². The molecule has 0 bridgehead atoms. The number of aliphatic hydroxyl groups excluding tert-OH is 1. The maximum Gasteiger partial charge on any atom is 0.290 e. The SMILES string of the molecule is COc1ccc(CCN2C(=O)C(O)=C(C(=O)c3cccs3)C2c2ccc(Cl)cc2Cl)cc1OC. The molecule has 0 spiro atoms. The van der Waals surface area contributed by atoms with Gasteiger partial charge in [-0.05, 0) is 53.3 Å². The molecule has 0 saturated heterocycles. The lowest BCUT2D eigenvalue weighted by molar-refractivity contribution is -0.129. The van der Waals surface area contributed by atoms with Gasteiger partial charge in [0.2, 0.25) is 5.78 Å². The summed E-state index contributed by atoms with van der Waals surface area (Å²) in [5.41, 5.74) is 1.41. The fourth-order valence-electron chi connectivity index (χ4n) is 3.99. The Morgan fingerprint density at radius 2 is 1.85 bits per heavy atom. The number of hydrogen-bond acceptors (Lipinski definition) is 6. The quantitative estimate of drug-likeness (QED) is 0.376. The van der Waals surface area contributed by atoms with Crippen LogP contribution in [-0.2, 0) is 11.2 Å². The van der Waals surface area contributed by atoms with Gasteiger partial charge in [-0.25, -0.2) is 0 Å². The normalized spacial score (nSPS) is 15.7. The van der Waals surface area contributed by atoms with Crippen LogP contribution in [0.5, 0.6) is 11.5 Å². The van der Waals surface area contributed by atoms with Crippen molar-refractivity contribution in [3.05, 3.63) is 91.3 Å². The molecule has 6 nitrogen and oxygen atoms in total. The van der Waals surface area contributed by atoms with E-state index in [4.69, 9.17) is 32.7 Å². The van der Waals surface area contributed by atoms with Gasteiger partial charge in [0, 0.05) is 16.6 Å². The number of carbonyl (C=O) groups excluding carboxylic acids is 2. The third-order valence-corrected chi connectivity index (χ3v) is 7.07. The van der Waals surface area contributed by atoms with Crippen molar-refractivity contribution in [3.8, 4) is 11.5 Å². The number of thiophene rings is 1. The number of benzene rings is 2. The van der Waals surface area contributed by atoms with Crippen LogP contribution in [-0.4, -0.2) is 42.5 Å². The minimum absolute atomic E-state index is 0.00369. The predicted molar refractivity (Wildman–Crippen MR) is 132 cm³/mol. The maximum absolute atomic E-state index is 13.3. The molecule has 0 fully saturated rings. The number of rotatable bonds is 8. The van der Waals surface area contributed by atoms with Gasteiger partial charge >= 0.3 is 0 Å². The highest BCUT2D eigenvalue weighted by Crippen LogP contribution is 2.42. The first-order valence-electron chi connectivity index (χ1n) is 10.3. The van der Waals surface area contributed by atoms with E-state index < -0.39 is 23.5 Å². The van der Waals surface area contributed by atoms with Crippen LogP contribution in [0.15, 0.2) is 65.2 Å². The molecule has 1 unspecified atom stereocenters. The van der Waals surface area contributed by atoms with Crippen LogP contribution in [0, 0.1) is 0 Å². The van der Waals surface area contributed by atoms with Crippen molar-refractivity contribution >= 4 is 46.2 Å². The summed E-state index contributed by atoms with van der Waals surface area (Å²) < 4.78 is 10.6. The number of carbonyl (C=O) groups is 2. The van der Waals surface area contributed by atoms with E-state index in [1.54, 1.807) is 56.0 Å². The summed E-state index contributed by atoms with van der Waals surface area (Å²) in [6, 6.07) is 12.9. The van der Waals surface area contributed by atoms with Gasteiger partial charge in [0.25, 0.3) is 5.91 Å². The largest absolute Gasteiger partial charge is 0.503 e. The van der Waals surface area contributed by atoms with E-state index in [-0.39, 0.29) is 12.1 Å². The third-order valence-electron chi connectivity index (χ3n) is 5.64. The van der Waals surface area contributed by atoms with Crippen LogP contribution in [0.1, 0.15) is 26.8 Å². The molecule has 2 heterocycles. The molecule has 1 aliphatic heterocycles. The second-order valence-electron chi connectivity index (χ2n) is 7.57. The minimum Gasteiger partial charge on any atom is -0.503 e. The molecule has 1 amide bonds. The van der Waals surface area contributed by atoms with Crippen LogP contribution < -0.4 is 9.47 Å². The topological polar surface area (TPSA) is 76.1 Å². The maximum atomic E-state index is 13.3. The van der Waals surface area contributed by atoms with E-state index in [9.17, 15) is 14.7 Å². The average molecular weight is 518 g/mol. The molecule has 1 N–H and O–H groups in total. The molecule has 0 saturated carbocycles. The summed E-state index contributed by atoms with van der Waals surface area (Å²) in [6.45, 7) is 0.225. The number of ether oxygens (including phenoxy) is 2. The fourth-order valence-corrected chi connectivity index (χ4v) is 5.18. The standard InChI is InChI=1S/C25H21Cl2NO5S/c1-32-18-8-5-14(12-19(18)33-2)9-10-28-22(16-7-6-15(26)13-17(16)27)21(24(30)25(28)31)23(29)20-4-3-11-34-20/h3-8,11-13,22,30H,9-10H2,1-2H3. The lowest BCUT2D eigenvalue weighted by Gasteiger charge is -2.27. The van der Waals surface area contributed by atoms with Gasteiger partial charge in [0.15, 0.2) is 17.3 Å². The first-order valence-corrected chi connectivity index (χ1v) is 12.0. The monoisotopic (exact) mass is 517 g/mol. The molecule has 4 rings (SSSR count). The zero-order chi connectivity index (χ0) is 24.4. The zero-order valence-corrected chi connectivity index (χ0v) is 20.7. The highest BCUT2D eigenvalue weighted by molar-refractivity contribution is 7.12. The molecule has 1 aliphatic rings. The molecular weight excluding hydrogens is 497 g/mol. The van der Waals surface area contributed by atoms with Crippen molar-refractivity contribution in [2.75, 3.05) is 20.8 Å². The minimum atomic E-state index is -0.855. The molecule has 3 aromatic rings. The number of Topliss-reactive ketones (excluding diaryl/α,β-unsaturated/α-hetero) is 1. The number of aliphatic hydroxyl groups is 1. The molecule has 34 heavy (non-hydrogen) atoms. The number of halogens is 2. The van der Waals surface area contributed by atoms with Crippen molar-refractivity contribution in [1.82, 2.24) is 4.90 Å². The Morgan fingerprint density at radius 3 is 2.50 bits per heavy atom. The summed E-state index contributed by atoms with van der Waals surface area (Å²) in [5, 5.41) is 13.3. The molecule has 0 radical (unpaired) electrons. The smallest absolute Gasteiger partial charge is 0.290 e. The first kappa shape index (κ1) is 24.1. The highest BCUT2D eigenvalue weighted by atomic mass is 35.5. The van der Waals surface area contributed by atoms with Crippen molar-refractivity contribution < 1.29 is 24.2 Å². The van der Waals surface area contributed by atoms with Crippen molar-refractivity contribution in [2.45, 2.75) is 12.5 Å². The second-order valence-corrected chi connectivity index (χ2v) is 9.37. The fraction of sp³-hybridized carbons (Fsp3) is 0.200. The molecule has 1 atom stereocenters. The Kier molecular flexibility index (Phi) is 7.16. The Morgan fingerprint density at radius 1 is 1.09 bits per heavy atom. The summed E-state index contributed by atoms with van der Waals surface area (Å²) in [6.07, 6.45) is 0.446. The van der Waals surface area contributed by atoms with Crippen molar-refractivity contribution in [3.63, 3.8) is 0 Å². The molecule has 1 aromatic heterocycles. The number of nitrogens with zero attached hydrogens (tertiary/aromatic N) is 1. The van der Waals surface area contributed by atoms with Crippen molar-refractivity contribution in [2.24, 2.45) is 0 Å². The Balaban J connectivity index is 1.71. The summed E-state index contributed by atoms with van der Waals surface area (Å²) in [5.74, 6) is -0.444. The number of amides is 1. The van der Waals surface area contributed by atoms with Crippen LogP contribution in [0.25, 0.3) is 0 Å². The Labute approximate surface area is 210 Å². The van der Waals surface area contributed by atoms with Crippen LogP contribution in [0.2, 0.25) is 10.0 Å². The van der Waals surface area contributed by atoms with E-state index >= 15 is 0 Å². The van der Waals surface area contributed by atoms with Crippen LogP contribution >= 0.6 is 34.5 Å². The molecule has 2 aromatic carbocycles. The van der Waals surface area contributed by atoms with Gasteiger partial charge in [-0.1, -0.05) is 41.4 Å². The first-order chi connectivity index (χ1) is 16.3. The van der Waals surface area contributed by atoms with E-state index in [0.29, 0.717) is 38.4 Å². The third kappa shape index (κ3) is 4.51. The molecular formula is C25H21Cl2NO5S. The zero-order valence-electron chi connectivity index (χ0n) is 18.4. The summed E-state index contributed by atoms with van der Waals surface area (Å²) >= 11 is 13.8. The lowest BCUT2D eigenvalue weighted by Crippen LogP contribution is -2.33. The second kappa shape index (κ2) is 10.1. The predicted octanol–water partition coefficient (Wildman–Crippen LogP) is 5.89. The Hall–Kier alpha value is -3.00. The average Bonchev–Trinajstić information content (AvgIpc) is 3.45. The number of ketones is 1. The highest BCUT2D eigenvalue weighted by Gasteiger charge is 2.44. The van der Waals surface area contributed by atoms with E-state index in [0.717, 1.165) is 5.56 Å². The van der Waals surface area contributed by atoms with Gasteiger partial charge in [-0.3, -0.25) is 9.59 Å². The van der Waals surface area contributed by atoms with Crippen molar-refractivity contribution in [1.29, 1.82) is 0 Å². The Bertz CT molecular complexity index is 1270. The van der Waals surface area contributed by atoms with Gasteiger partial charge < -0.3 is 19.5 Å². The molecule has 0 aliphatic carbocycles. The molecule has 9 heteroatoms. The number of methoxy groups -OCH3 is 2. The number of hydrogen-bond donors (Lipinski definition) is 1. The van der Waals surface area contributed by atoms with Crippen LogP contribution in [0.4, 0.5) is 0 Å². The van der Waals surface area contributed by atoms with E-state index in [1.807, 2.05) is 12.1 Å². The summed E-state index contributed by atoms with van der Waals surface area (Å²) in [4.78, 5) is 28.3. The van der Waals surface area contributed by atoms with E-state index in [1.165, 1.54) is 16.2 Å². The lowest BCUT2D eigenvalue weighted by atomic mass is 9.95. The van der Waals surface area contributed by atoms with Gasteiger partial charge in [-0.2, -0.15) is 0 Å². The van der Waals surface area contributed by atoms with E-state index in [2.05, 4.69) is 0 Å². The van der Waals surface area contributed by atoms with Crippen LogP contribution in [0.3, 0.4) is 0 Å². The molecule has 176 valence electrons. The van der Waals surface area contributed by atoms with Gasteiger partial charge in [0.1, 0.15) is 0 Å². The summed E-state index contributed by atoms with van der Waals surface area (Å²) in [7, 11) is 3.11.